The molecule has 0 amide bonds. The van der Waals surface area contributed by atoms with Crippen molar-refractivity contribution in [1.29, 1.82) is 0 Å². The molecule has 138 valence electrons. The zero-order chi connectivity index (χ0) is 19.5. The molecule has 3 heteroatoms. The number of rotatable bonds is 4. The Hall–Kier alpha value is -3.98. The molecule has 1 N–H and O–H groups in total. The Bertz CT molecular complexity index is 1240. The predicted octanol–water partition coefficient (Wildman–Crippen LogP) is 6.82. The van der Waals surface area contributed by atoms with E-state index in [-0.39, 0.29) is 0 Å². The van der Waals surface area contributed by atoms with Crippen LogP contribution in [0.3, 0.4) is 0 Å². The highest BCUT2D eigenvalue weighted by atomic mass is 14.8. The van der Waals surface area contributed by atoms with Gasteiger partial charge in [-0.3, -0.25) is 9.98 Å². The Labute approximate surface area is 169 Å². The fraction of sp³-hybridized carbons (Fsp3) is 0. The number of aromatic amines is 1. The molecule has 0 aliphatic heterocycles. The van der Waals surface area contributed by atoms with Crippen molar-refractivity contribution in [3.05, 3.63) is 108 Å². The van der Waals surface area contributed by atoms with Gasteiger partial charge in [0.1, 0.15) is 0 Å². The Balaban J connectivity index is 1.39. The molecule has 1 heterocycles. The van der Waals surface area contributed by atoms with Crippen LogP contribution >= 0.6 is 0 Å². The number of H-pyrrole nitrogens is 1. The zero-order valence-electron chi connectivity index (χ0n) is 15.8. The van der Waals surface area contributed by atoms with E-state index in [1.165, 1.54) is 10.8 Å². The zero-order valence-corrected chi connectivity index (χ0v) is 15.8. The lowest BCUT2D eigenvalue weighted by molar-refractivity contribution is 1.35. The fourth-order valence-corrected chi connectivity index (χ4v) is 3.50. The number of aliphatic imine (C=N–C) groups is 2. The van der Waals surface area contributed by atoms with Crippen LogP contribution in [0.1, 0.15) is 11.4 Å². The summed E-state index contributed by atoms with van der Waals surface area (Å²) < 4.78 is 0. The van der Waals surface area contributed by atoms with Gasteiger partial charge in [0.05, 0.1) is 35.2 Å². The van der Waals surface area contributed by atoms with Gasteiger partial charge in [-0.25, -0.2) is 0 Å². The van der Waals surface area contributed by atoms with E-state index in [0.717, 1.165) is 33.5 Å². The van der Waals surface area contributed by atoms with Gasteiger partial charge in [0.15, 0.2) is 0 Å². The highest BCUT2D eigenvalue weighted by Gasteiger charge is 2.00. The van der Waals surface area contributed by atoms with E-state index >= 15 is 0 Å². The van der Waals surface area contributed by atoms with Crippen LogP contribution in [0.25, 0.3) is 21.5 Å². The van der Waals surface area contributed by atoms with Crippen molar-refractivity contribution in [3.63, 3.8) is 0 Å². The molecule has 0 unspecified atom stereocenters. The van der Waals surface area contributed by atoms with E-state index in [1.807, 2.05) is 73.1 Å². The first-order chi connectivity index (χ1) is 14.4. The van der Waals surface area contributed by atoms with Crippen LogP contribution in [0, 0.1) is 0 Å². The van der Waals surface area contributed by atoms with E-state index in [1.54, 1.807) is 0 Å². The predicted molar refractivity (Wildman–Crippen MR) is 123 cm³/mol. The van der Waals surface area contributed by atoms with Crippen LogP contribution in [-0.4, -0.2) is 17.4 Å². The number of aromatic nitrogens is 1. The highest BCUT2D eigenvalue weighted by Crippen LogP contribution is 2.26. The summed E-state index contributed by atoms with van der Waals surface area (Å²) in [5.74, 6) is 0. The molecular formula is C26H19N3. The van der Waals surface area contributed by atoms with Crippen LogP contribution < -0.4 is 0 Å². The van der Waals surface area contributed by atoms with E-state index in [0.29, 0.717) is 0 Å². The van der Waals surface area contributed by atoms with Crippen LogP contribution in [0.15, 0.2) is 107 Å². The molecule has 0 atom stereocenters. The normalized spacial score (nSPS) is 11.9. The molecule has 5 rings (SSSR count). The van der Waals surface area contributed by atoms with Crippen molar-refractivity contribution < 1.29 is 0 Å². The minimum Gasteiger partial charge on any atom is -0.353 e. The summed E-state index contributed by atoms with van der Waals surface area (Å²) in [6, 6.07) is 32.9. The third-order valence-corrected chi connectivity index (χ3v) is 4.95. The minimum atomic E-state index is 0.942. The van der Waals surface area contributed by atoms with E-state index in [9.17, 15) is 0 Å². The lowest BCUT2D eigenvalue weighted by atomic mass is 10.1. The molecule has 0 saturated heterocycles. The summed E-state index contributed by atoms with van der Waals surface area (Å²) in [4.78, 5) is 12.7. The third-order valence-electron chi connectivity index (χ3n) is 4.95. The Kier molecular flexibility index (Phi) is 4.47. The second-order valence-corrected chi connectivity index (χ2v) is 6.88. The van der Waals surface area contributed by atoms with Crippen molar-refractivity contribution in [1.82, 2.24) is 4.98 Å². The monoisotopic (exact) mass is 373 g/mol. The first-order valence-electron chi connectivity index (χ1n) is 9.59. The molecule has 5 aromatic rings. The number of hydrogen-bond donors (Lipinski definition) is 1. The quantitative estimate of drug-likeness (QED) is 0.336. The third kappa shape index (κ3) is 3.58. The first-order valence-corrected chi connectivity index (χ1v) is 9.59. The molecule has 0 fully saturated rings. The summed E-state index contributed by atoms with van der Waals surface area (Å²) in [7, 11) is 0. The van der Waals surface area contributed by atoms with Gasteiger partial charge in [-0.1, -0.05) is 72.8 Å². The standard InChI is InChI=1S/C26H19N3/c1-3-11-23-19(7-1)9-5-13-25(23)27-17-21-15-16-22(29-21)18-28-26-14-6-10-20-8-2-4-12-24(20)26/h1-18,29H. The fourth-order valence-electron chi connectivity index (χ4n) is 3.50. The molecule has 1 aromatic heterocycles. The second-order valence-electron chi connectivity index (χ2n) is 6.88. The molecule has 0 saturated carbocycles. The summed E-state index contributed by atoms with van der Waals surface area (Å²) in [5, 5.41) is 4.68. The molecule has 0 aliphatic rings. The van der Waals surface area contributed by atoms with E-state index in [2.05, 4.69) is 51.4 Å². The number of fused-ring (bicyclic) bond motifs is 2. The van der Waals surface area contributed by atoms with Gasteiger partial charge in [0, 0.05) is 10.8 Å². The average molecular weight is 373 g/mol. The Morgan fingerprint density at radius 2 is 0.931 bits per heavy atom. The molecule has 0 bridgehead atoms. The lowest BCUT2D eigenvalue weighted by Gasteiger charge is -2.01. The molecular weight excluding hydrogens is 354 g/mol. The van der Waals surface area contributed by atoms with Crippen molar-refractivity contribution in [3.8, 4) is 0 Å². The van der Waals surface area contributed by atoms with E-state index < -0.39 is 0 Å². The van der Waals surface area contributed by atoms with Gasteiger partial charge >= 0.3 is 0 Å². The smallest absolute Gasteiger partial charge is 0.0708 e. The van der Waals surface area contributed by atoms with Crippen LogP contribution in [0.2, 0.25) is 0 Å². The Morgan fingerprint density at radius 3 is 1.45 bits per heavy atom. The van der Waals surface area contributed by atoms with Gasteiger partial charge < -0.3 is 4.98 Å². The number of nitrogens with zero attached hydrogens (tertiary/aromatic N) is 2. The SMILES string of the molecule is C(=Nc1cccc2ccccc12)c1ccc(C=Nc2cccc3ccccc23)[nH]1. The van der Waals surface area contributed by atoms with E-state index in [4.69, 9.17) is 0 Å². The summed E-state index contributed by atoms with van der Waals surface area (Å²) >= 11 is 0. The number of nitrogens with one attached hydrogen (secondary N) is 1. The molecule has 4 aromatic carbocycles. The van der Waals surface area contributed by atoms with Gasteiger partial charge in [-0.2, -0.15) is 0 Å². The highest BCUT2D eigenvalue weighted by molar-refractivity contribution is 5.96. The average Bonchev–Trinajstić information content (AvgIpc) is 3.24. The van der Waals surface area contributed by atoms with Crippen LogP contribution in [0.4, 0.5) is 11.4 Å². The van der Waals surface area contributed by atoms with Crippen LogP contribution in [0.5, 0.6) is 0 Å². The first kappa shape index (κ1) is 17.1. The summed E-state index contributed by atoms with van der Waals surface area (Å²) in [6.45, 7) is 0. The van der Waals surface area contributed by atoms with Crippen molar-refractivity contribution in [2.24, 2.45) is 9.98 Å². The molecule has 29 heavy (non-hydrogen) atoms. The van der Waals surface area contributed by atoms with Crippen LogP contribution in [-0.2, 0) is 0 Å². The molecule has 3 nitrogen and oxygen atoms in total. The van der Waals surface area contributed by atoms with Gasteiger partial charge in [0.2, 0.25) is 0 Å². The topological polar surface area (TPSA) is 40.5 Å². The maximum atomic E-state index is 4.68. The summed E-state index contributed by atoms with van der Waals surface area (Å²) in [6.07, 6.45) is 3.72. The van der Waals surface area contributed by atoms with Crippen molar-refractivity contribution in [2.45, 2.75) is 0 Å². The van der Waals surface area contributed by atoms with Crippen molar-refractivity contribution >= 4 is 45.3 Å². The number of benzene rings is 4. The van der Waals surface area contributed by atoms with Gasteiger partial charge in [0.25, 0.3) is 0 Å². The molecule has 0 radical (unpaired) electrons. The van der Waals surface area contributed by atoms with Gasteiger partial charge in [-0.05, 0) is 35.0 Å². The molecule has 0 spiro atoms. The summed E-state index contributed by atoms with van der Waals surface area (Å²) in [5.41, 5.74) is 3.81. The lowest BCUT2D eigenvalue weighted by Crippen LogP contribution is -1.84. The second kappa shape index (κ2) is 7.56. The number of hydrogen-bond acceptors (Lipinski definition) is 2. The maximum Gasteiger partial charge on any atom is 0.0708 e. The van der Waals surface area contributed by atoms with Crippen molar-refractivity contribution in [2.75, 3.05) is 0 Å². The largest absolute Gasteiger partial charge is 0.353 e. The minimum absolute atomic E-state index is 0.942. The maximum absolute atomic E-state index is 4.68. The van der Waals surface area contributed by atoms with Gasteiger partial charge in [-0.15, -0.1) is 0 Å². The Morgan fingerprint density at radius 1 is 0.483 bits per heavy atom. The molecule has 0 aliphatic carbocycles.